The smallest absolute Gasteiger partial charge is 0.323 e. The maximum atomic E-state index is 11.0. The summed E-state index contributed by atoms with van der Waals surface area (Å²) in [6.07, 6.45) is 3.69. The highest BCUT2D eigenvalue weighted by atomic mass is 32.1. The molecule has 0 saturated heterocycles. The van der Waals surface area contributed by atoms with Crippen LogP contribution in [0.5, 0.6) is 0 Å². The van der Waals surface area contributed by atoms with Crippen molar-refractivity contribution in [3.63, 3.8) is 0 Å². The first-order chi connectivity index (χ1) is 7.20. The standard InChI is InChI=1S/C10H17N3OS/c1-6-2-3-7(4-6)8(5-11)9-12-10(14)15-13-9/h6-8H,2-5,11H2,1H3,(H,12,13,14). The molecule has 1 aliphatic carbocycles. The van der Waals surface area contributed by atoms with E-state index in [-0.39, 0.29) is 10.8 Å². The van der Waals surface area contributed by atoms with E-state index >= 15 is 0 Å². The summed E-state index contributed by atoms with van der Waals surface area (Å²) in [7, 11) is 0. The molecule has 1 aromatic heterocycles. The third kappa shape index (κ3) is 2.29. The zero-order valence-electron chi connectivity index (χ0n) is 8.90. The quantitative estimate of drug-likeness (QED) is 0.817. The van der Waals surface area contributed by atoms with E-state index in [1.807, 2.05) is 0 Å². The minimum Gasteiger partial charge on any atom is -0.330 e. The Morgan fingerprint density at radius 3 is 2.93 bits per heavy atom. The number of nitrogens with two attached hydrogens (primary N) is 1. The van der Waals surface area contributed by atoms with Gasteiger partial charge in [-0.05, 0) is 24.7 Å². The number of hydrogen-bond acceptors (Lipinski definition) is 4. The second-order valence-corrected chi connectivity index (χ2v) is 5.24. The summed E-state index contributed by atoms with van der Waals surface area (Å²) >= 11 is 0.991. The third-order valence-corrected chi connectivity index (χ3v) is 3.92. The predicted molar refractivity (Wildman–Crippen MR) is 61.0 cm³/mol. The lowest BCUT2D eigenvalue weighted by Gasteiger charge is -2.19. The number of aromatic nitrogens is 2. The van der Waals surface area contributed by atoms with Crippen molar-refractivity contribution >= 4 is 11.5 Å². The molecule has 0 aliphatic heterocycles. The van der Waals surface area contributed by atoms with Crippen molar-refractivity contribution in [2.45, 2.75) is 32.1 Å². The normalized spacial score (nSPS) is 28.1. The van der Waals surface area contributed by atoms with Crippen LogP contribution in [0.1, 0.15) is 37.9 Å². The molecule has 2 rings (SSSR count). The fourth-order valence-corrected chi connectivity index (χ4v) is 3.06. The van der Waals surface area contributed by atoms with Crippen LogP contribution < -0.4 is 10.6 Å². The van der Waals surface area contributed by atoms with E-state index < -0.39 is 0 Å². The third-order valence-electron chi connectivity index (χ3n) is 3.37. The van der Waals surface area contributed by atoms with E-state index in [2.05, 4.69) is 16.3 Å². The number of rotatable bonds is 3. The molecule has 3 unspecified atom stereocenters. The van der Waals surface area contributed by atoms with Crippen molar-refractivity contribution in [2.75, 3.05) is 6.54 Å². The van der Waals surface area contributed by atoms with Crippen molar-refractivity contribution < 1.29 is 0 Å². The molecule has 3 atom stereocenters. The Bertz CT molecular complexity index is 373. The molecule has 5 heteroatoms. The lowest BCUT2D eigenvalue weighted by atomic mass is 9.89. The molecule has 0 bridgehead atoms. The number of nitrogens with zero attached hydrogens (tertiary/aromatic N) is 1. The zero-order chi connectivity index (χ0) is 10.8. The maximum absolute atomic E-state index is 11.0. The Kier molecular flexibility index (Phi) is 3.21. The van der Waals surface area contributed by atoms with Crippen LogP contribution in [0.3, 0.4) is 0 Å². The van der Waals surface area contributed by atoms with Gasteiger partial charge in [0.2, 0.25) is 0 Å². The van der Waals surface area contributed by atoms with Gasteiger partial charge in [-0.2, -0.15) is 4.37 Å². The van der Waals surface area contributed by atoms with Gasteiger partial charge in [0.1, 0.15) is 5.82 Å². The summed E-state index contributed by atoms with van der Waals surface area (Å²) in [5, 5.41) is 0. The number of aromatic amines is 1. The number of H-pyrrole nitrogens is 1. The summed E-state index contributed by atoms with van der Waals surface area (Å²) in [5.41, 5.74) is 5.78. The maximum Gasteiger partial charge on any atom is 0.323 e. The van der Waals surface area contributed by atoms with E-state index in [1.165, 1.54) is 19.3 Å². The van der Waals surface area contributed by atoms with E-state index in [1.54, 1.807) is 0 Å². The summed E-state index contributed by atoms with van der Waals surface area (Å²) in [5.74, 6) is 2.43. The largest absolute Gasteiger partial charge is 0.330 e. The fourth-order valence-electron chi connectivity index (χ4n) is 2.55. The van der Waals surface area contributed by atoms with E-state index in [4.69, 9.17) is 5.73 Å². The van der Waals surface area contributed by atoms with E-state index in [9.17, 15) is 4.79 Å². The number of hydrogen-bond donors (Lipinski definition) is 2. The van der Waals surface area contributed by atoms with Crippen LogP contribution in [-0.4, -0.2) is 15.9 Å². The first-order valence-corrected chi connectivity index (χ1v) is 6.24. The first kappa shape index (κ1) is 10.8. The van der Waals surface area contributed by atoms with Gasteiger partial charge in [0.15, 0.2) is 0 Å². The summed E-state index contributed by atoms with van der Waals surface area (Å²) < 4.78 is 4.15. The van der Waals surface area contributed by atoms with Crippen LogP contribution in [0.4, 0.5) is 0 Å². The van der Waals surface area contributed by atoms with Gasteiger partial charge in [-0.25, -0.2) is 0 Å². The Morgan fingerprint density at radius 1 is 1.67 bits per heavy atom. The molecule has 1 aliphatic rings. The van der Waals surface area contributed by atoms with E-state index in [0.717, 1.165) is 23.3 Å². The van der Waals surface area contributed by atoms with Crippen molar-refractivity contribution in [2.24, 2.45) is 17.6 Å². The van der Waals surface area contributed by atoms with Gasteiger partial charge in [0.05, 0.1) is 0 Å². The molecule has 0 amide bonds. The van der Waals surface area contributed by atoms with Gasteiger partial charge >= 0.3 is 4.87 Å². The molecule has 15 heavy (non-hydrogen) atoms. The minimum absolute atomic E-state index is 0.0745. The van der Waals surface area contributed by atoms with Gasteiger partial charge in [0, 0.05) is 24.0 Å². The molecular formula is C10H17N3OS. The highest BCUT2D eigenvalue weighted by Gasteiger charge is 2.30. The predicted octanol–water partition coefficient (Wildman–Crippen LogP) is 1.31. The Hall–Kier alpha value is -0.680. The van der Waals surface area contributed by atoms with Crippen LogP contribution in [-0.2, 0) is 0 Å². The highest BCUT2D eigenvalue weighted by molar-refractivity contribution is 7.02. The molecule has 1 heterocycles. The van der Waals surface area contributed by atoms with Crippen LogP contribution in [0.2, 0.25) is 0 Å². The van der Waals surface area contributed by atoms with Crippen molar-refractivity contribution in [3.05, 3.63) is 15.5 Å². The van der Waals surface area contributed by atoms with Gasteiger partial charge < -0.3 is 5.73 Å². The van der Waals surface area contributed by atoms with E-state index in [0.29, 0.717) is 12.5 Å². The molecule has 0 aromatic carbocycles. The lowest BCUT2D eigenvalue weighted by Crippen LogP contribution is -2.21. The molecule has 1 aromatic rings. The molecule has 0 spiro atoms. The average molecular weight is 227 g/mol. The average Bonchev–Trinajstić information content (AvgIpc) is 2.78. The summed E-state index contributed by atoms with van der Waals surface area (Å²) in [6.45, 7) is 2.86. The molecule has 4 nitrogen and oxygen atoms in total. The SMILES string of the molecule is CC1CCC(C(CN)c2nsc(=O)[nH]2)C1. The molecule has 84 valence electrons. The monoisotopic (exact) mass is 227 g/mol. The Labute approximate surface area is 93.1 Å². The van der Waals surface area contributed by atoms with Crippen LogP contribution in [0.15, 0.2) is 4.79 Å². The van der Waals surface area contributed by atoms with Gasteiger partial charge in [-0.1, -0.05) is 13.3 Å². The molecule has 3 N–H and O–H groups in total. The summed E-state index contributed by atoms with van der Waals surface area (Å²) in [6, 6.07) is 0. The zero-order valence-corrected chi connectivity index (χ0v) is 9.72. The van der Waals surface area contributed by atoms with Crippen LogP contribution in [0, 0.1) is 11.8 Å². The van der Waals surface area contributed by atoms with Gasteiger partial charge in [0.25, 0.3) is 0 Å². The van der Waals surface area contributed by atoms with Gasteiger partial charge in [-0.15, -0.1) is 0 Å². The molecule has 1 fully saturated rings. The number of nitrogens with one attached hydrogen (secondary N) is 1. The first-order valence-electron chi connectivity index (χ1n) is 5.46. The molecule has 0 radical (unpaired) electrons. The fraction of sp³-hybridized carbons (Fsp3) is 0.800. The minimum atomic E-state index is -0.0745. The topological polar surface area (TPSA) is 71.8 Å². The Balaban J connectivity index is 2.13. The van der Waals surface area contributed by atoms with Crippen molar-refractivity contribution in [1.29, 1.82) is 0 Å². The van der Waals surface area contributed by atoms with Crippen molar-refractivity contribution in [1.82, 2.24) is 9.36 Å². The van der Waals surface area contributed by atoms with Crippen molar-refractivity contribution in [3.8, 4) is 0 Å². The lowest BCUT2D eigenvalue weighted by molar-refractivity contribution is 0.413. The highest BCUT2D eigenvalue weighted by Crippen LogP contribution is 2.38. The van der Waals surface area contributed by atoms with Gasteiger partial charge in [-0.3, -0.25) is 9.78 Å². The molecular weight excluding hydrogens is 210 g/mol. The second-order valence-electron chi connectivity index (χ2n) is 4.50. The van der Waals surface area contributed by atoms with Crippen LogP contribution in [0.25, 0.3) is 0 Å². The molecule has 1 saturated carbocycles. The second kappa shape index (κ2) is 4.45. The Morgan fingerprint density at radius 2 is 2.47 bits per heavy atom. The van der Waals surface area contributed by atoms with Crippen LogP contribution >= 0.6 is 11.5 Å². The summed E-state index contributed by atoms with van der Waals surface area (Å²) in [4.78, 5) is 13.8.